The summed E-state index contributed by atoms with van der Waals surface area (Å²) in [5.41, 5.74) is 1.02. The van der Waals surface area contributed by atoms with Gasteiger partial charge in [-0.3, -0.25) is 0 Å². The van der Waals surface area contributed by atoms with Crippen LogP contribution in [0.25, 0.3) is 0 Å². The van der Waals surface area contributed by atoms with E-state index in [0.717, 1.165) is 24.8 Å². The van der Waals surface area contributed by atoms with Crippen LogP contribution >= 0.6 is 31.9 Å². The van der Waals surface area contributed by atoms with Gasteiger partial charge >= 0.3 is 0 Å². The molecule has 21 heavy (non-hydrogen) atoms. The monoisotopic (exact) mass is 430 g/mol. The molecule has 1 nitrogen and oxygen atoms in total. The molecule has 0 N–H and O–H groups in total. The maximum Gasteiger partial charge on any atom is 0.185 e. The Morgan fingerprint density at radius 3 is 2.33 bits per heavy atom. The lowest BCUT2D eigenvalue weighted by atomic mass is 10.1. The normalized spacial score (nSPS) is 13.4. The van der Waals surface area contributed by atoms with Gasteiger partial charge in [0.15, 0.2) is 8.32 Å². The van der Waals surface area contributed by atoms with Crippen molar-refractivity contribution < 1.29 is 4.43 Å². The van der Waals surface area contributed by atoms with Crippen molar-refractivity contribution in [2.24, 2.45) is 0 Å². The molecule has 0 saturated carbocycles. The second kappa shape index (κ2) is 8.52. The standard InChI is InChI=1S/C17H24Br2OSi/c1-5-6-14-17(18,19)16(20-21(2,3)4)13-12-15-10-8-7-9-11-15/h7-11,16H,5-6,14H2,1-4H3/t16-/m0/s1. The third-order valence-corrected chi connectivity index (χ3v) is 5.41. The largest absolute Gasteiger partial charge is 0.402 e. The van der Waals surface area contributed by atoms with Crippen LogP contribution in [0.2, 0.25) is 19.6 Å². The van der Waals surface area contributed by atoms with E-state index in [4.69, 9.17) is 4.43 Å². The molecule has 0 aromatic heterocycles. The van der Waals surface area contributed by atoms with Gasteiger partial charge in [0, 0.05) is 5.56 Å². The predicted octanol–water partition coefficient (Wildman–Crippen LogP) is 5.93. The van der Waals surface area contributed by atoms with E-state index in [-0.39, 0.29) is 9.34 Å². The molecule has 1 atom stereocenters. The molecule has 0 spiro atoms. The third-order valence-electron chi connectivity index (χ3n) is 2.84. The van der Waals surface area contributed by atoms with Gasteiger partial charge in [-0.2, -0.15) is 0 Å². The number of hydrogen-bond acceptors (Lipinski definition) is 1. The molecule has 0 fully saturated rings. The van der Waals surface area contributed by atoms with Gasteiger partial charge in [-0.1, -0.05) is 81.7 Å². The van der Waals surface area contributed by atoms with Gasteiger partial charge < -0.3 is 4.43 Å². The minimum absolute atomic E-state index is 0.157. The van der Waals surface area contributed by atoms with Crippen LogP contribution in [0, 0.1) is 11.8 Å². The molecule has 1 rings (SSSR count). The Balaban J connectivity index is 2.95. The van der Waals surface area contributed by atoms with E-state index in [1.165, 1.54) is 0 Å². The van der Waals surface area contributed by atoms with E-state index in [0.29, 0.717) is 0 Å². The van der Waals surface area contributed by atoms with E-state index in [1.807, 2.05) is 30.3 Å². The van der Waals surface area contributed by atoms with Crippen molar-refractivity contribution in [3.05, 3.63) is 35.9 Å². The average Bonchev–Trinajstić information content (AvgIpc) is 2.41. The van der Waals surface area contributed by atoms with Crippen molar-refractivity contribution in [1.82, 2.24) is 0 Å². The molecule has 0 bridgehead atoms. The molecule has 0 saturated heterocycles. The molecule has 1 aromatic rings. The maximum absolute atomic E-state index is 6.29. The first kappa shape index (κ1) is 19.0. The van der Waals surface area contributed by atoms with Crippen LogP contribution in [0.5, 0.6) is 0 Å². The molecule has 0 aliphatic heterocycles. The van der Waals surface area contributed by atoms with Crippen LogP contribution in [0.1, 0.15) is 31.7 Å². The Labute approximate surface area is 147 Å². The number of hydrogen-bond donors (Lipinski definition) is 0. The lowest BCUT2D eigenvalue weighted by molar-refractivity contribution is 0.235. The second-order valence-corrected chi connectivity index (χ2v) is 14.5. The van der Waals surface area contributed by atoms with Crippen molar-refractivity contribution in [1.29, 1.82) is 0 Å². The van der Waals surface area contributed by atoms with Crippen LogP contribution in [0.4, 0.5) is 0 Å². The van der Waals surface area contributed by atoms with Crippen LogP contribution in [-0.4, -0.2) is 17.7 Å². The zero-order valence-electron chi connectivity index (χ0n) is 13.2. The lowest BCUT2D eigenvalue weighted by Gasteiger charge is -2.32. The molecule has 0 heterocycles. The molecule has 0 aliphatic carbocycles. The molecule has 0 unspecified atom stereocenters. The fourth-order valence-corrected chi connectivity index (χ4v) is 4.08. The second-order valence-electron chi connectivity index (χ2n) is 6.11. The summed E-state index contributed by atoms with van der Waals surface area (Å²) < 4.78 is 6.01. The molecular weight excluding hydrogens is 408 g/mol. The minimum Gasteiger partial charge on any atom is -0.402 e. The third kappa shape index (κ3) is 7.65. The molecule has 1 aromatic carbocycles. The van der Waals surface area contributed by atoms with Gasteiger partial charge in [0.25, 0.3) is 0 Å². The van der Waals surface area contributed by atoms with E-state index in [9.17, 15) is 0 Å². The number of unbranched alkanes of at least 4 members (excludes halogenated alkanes) is 1. The number of rotatable bonds is 6. The summed E-state index contributed by atoms with van der Waals surface area (Å²) in [6.45, 7) is 8.78. The Kier molecular flexibility index (Phi) is 7.70. The van der Waals surface area contributed by atoms with E-state index in [1.54, 1.807) is 0 Å². The number of benzene rings is 1. The Morgan fingerprint density at radius 2 is 1.81 bits per heavy atom. The Hall–Kier alpha value is -0.0831. The predicted molar refractivity (Wildman–Crippen MR) is 102 cm³/mol. The quantitative estimate of drug-likeness (QED) is 0.308. The summed E-state index contributed by atoms with van der Waals surface area (Å²) in [5, 5.41) is 0. The van der Waals surface area contributed by atoms with Crippen LogP contribution in [0.15, 0.2) is 30.3 Å². The van der Waals surface area contributed by atoms with E-state index >= 15 is 0 Å². The van der Waals surface area contributed by atoms with Gasteiger partial charge in [-0.05, 0) is 38.2 Å². The summed E-state index contributed by atoms with van der Waals surface area (Å²) in [4.78, 5) is 0. The minimum atomic E-state index is -1.67. The average molecular weight is 432 g/mol. The van der Waals surface area contributed by atoms with Crippen molar-refractivity contribution >= 4 is 40.2 Å². The van der Waals surface area contributed by atoms with Gasteiger partial charge in [-0.25, -0.2) is 0 Å². The van der Waals surface area contributed by atoms with Crippen molar-refractivity contribution in [3.8, 4) is 11.8 Å². The van der Waals surface area contributed by atoms with E-state index in [2.05, 4.69) is 70.3 Å². The highest BCUT2D eigenvalue weighted by Crippen LogP contribution is 2.38. The Bertz CT molecular complexity index is 483. The van der Waals surface area contributed by atoms with E-state index < -0.39 is 8.32 Å². The molecule has 0 amide bonds. The first-order chi connectivity index (χ1) is 9.74. The first-order valence-corrected chi connectivity index (χ1v) is 12.4. The Morgan fingerprint density at radius 1 is 1.19 bits per heavy atom. The molecular formula is C17H24Br2OSi. The highest BCUT2D eigenvalue weighted by Gasteiger charge is 2.36. The molecule has 4 heteroatoms. The highest BCUT2D eigenvalue weighted by molar-refractivity contribution is 9.25. The fourth-order valence-electron chi connectivity index (χ4n) is 1.79. The maximum atomic E-state index is 6.29. The zero-order valence-corrected chi connectivity index (χ0v) is 17.4. The smallest absolute Gasteiger partial charge is 0.185 e. The van der Waals surface area contributed by atoms with Gasteiger partial charge in [0.05, 0.1) is 0 Å². The van der Waals surface area contributed by atoms with Crippen molar-refractivity contribution in [3.63, 3.8) is 0 Å². The summed E-state index contributed by atoms with van der Waals surface area (Å²) >= 11 is 7.57. The lowest BCUT2D eigenvalue weighted by Crippen LogP contribution is -2.40. The molecule has 0 aliphatic rings. The topological polar surface area (TPSA) is 9.23 Å². The zero-order chi connectivity index (χ0) is 15.9. The summed E-state index contributed by atoms with van der Waals surface area (Å²) in [6, 6.07) is 10.1. The van der Waals surface area contributed by atoms with Gasteiger partial charge in [0.2, 0.25) is 0 Å². The SMILES string of the molecule is CCCCC(Br)(Br)[C@H](C#Cc1ccccc1)O[Si](C)(C)C. The summed E-state index contributed by atoms with van der Waals surface area (Å²) in [7, 11) is -1.67. The summed E-state index contributed by atoms with van der Waals surface area (Å²) in [5.74, 6) is 6.55. The number of alkyl halides is 2. The first-order valence-electron chi connectivity index (χ1n) is 7.37. The van der Waals surface area contributed by atoms with Gasteiger partial charge in [0.1, 0.15) is 9.34 Å². The van der Waals surface area contributed by atoms with Crippen LogP contribution in [0.3, 0.4) is 0 Å². The van der Waals surface area contributed by atoms with Crippen LogP contribution in [-0.2, 0) is 4.43 Å². The highest BCUT2D eigenvalue weighted by atomic mass is 79.9. The van der Waals surface area contributed by atoms with Crippen molar-refractivity contribution in [2.45, 2.75) is 55.2 Å². The van der Waals surface area contributed by atoms with Crippen LogP contribution < -0.4 is 0 Å². The van der Waals surface area contributed by atoms with Gasteiger partial charge in [-0.15, -0.1) is 0 Å². The fraction of sp³-hybridized carbons (Fsp3) is 0.529. The molecule has 116 valence electrons. The van der Waals surface area contributed by atoms with Crippen molar-refractivity contribution in [2.75, 3.05) is 0 Å². The molecule has 0 radical (unpaired) electrons. The summed E-state index contributed by atoms with van der Waals surface area (Å²) in [6.07, 6.45) is 3.12. The number of halogens is 2.